The fourth-order valence-corrected chi connectivity index (χ4v) is 5.42. The monoisotopic (exact) mass is 490 g/mol. The quantitative estimate of drug-likeness (QED) is 0.459. The normalized spacial score (nSPS) is 23.3. The van der Waals surface area contributed by atoms with Gasteiger partial charge >= 0.3 is 0 Å². The van der Waals surface area contributed by atoms with E-state index >= 15 is 0 Å². The van der Waals surface area contributed by atoms with Crippen LogP contribution in [-0.4, -0.2) is 39.9 Å². The van der Waals surface area contributed by atoms with Crippen molar-refractivity contribution in [3.05, 3.63) is 58.2 Å². The first kappa shape index (κ1) is 22.4. The van der Waals surface area contributed by atoms with E-state index in [9.17, 15) is 4.39 Å². The van der Waals surface area contributed by atoms with E-state index in [-0.39, 0.29) is 16.4 Å². The summed E-state index contributed by atoms with van der Waals surface area (Å²) in [5.41, 5.74) is 8.32. The SMILES string of the molecule is C[C@@H](Oc1cc(-c2cnn(C3CNC4(CCNC4)C3)c2)cnc1N)c1c(Cl)ccc(F)c1Cl. The van der Waals surface area contributed by atoms with Crippen LogP contribution < -0.4 is 21.1 Å². The van der Waals surface area contributed by atoms with Gasteiger partial charge in [0.15, 0.2) is 11.6 Å². The maximum absolute atomic E-state index is 13.9. The first-order valence-electron chi connectivity index (χ1n) is 10.9. The summed E-state index contributed by atoms with van der Waals surface area (Å²) in [6.07, 6.45) is 7.07. The Morgan fingerprint density at radius 1 is 1.30 bits per heavy atom. The summed E-state index contributed by atoms with van der Waals surface area (Å²) in [7, 11) is 0. The number of anilines is 1. The summed E-state index contributed by atoms with van der Waals surface area (Å²) in [4.78, 5) is 4.28. The number of hydrogen-bond acceptors (Lipinski definition) is 6. The third-order valence-corrected chi connectivity index (χ3v) is 7.28. The van der Waals surface area contributed by atoms with Gasteiger partial charge in [-0.05, 0) is 44.5 Å². The highest BCUT2D eigenvalue weighted by Crippen LogP contribution is 2.37. The van der Waals surface area contributed by atoms with Crippen molar-refractivity contribution < 1.29 is 9.13 Å². The van der Waals surface area contributed by atoms with Gasteiger partial charge in [-0.25, -0.2) is 9.37 Å². The van der Waals surface area contributed by atoms with E-state index < -0.39 is 11.9 Å². The van der Waals surface area contributed by atoms with Crippen LogP contribution in [0, 0.1) is 5.82 Å². The molecule has 2 aromatic heterocycles. The van der Waals surface area contributed by atoms with Crippen LogP contribution in [0.5, 0.6) is 5.75 Å². The molecule has 33 heavy (non-hydrogen) atoms. The molecule has 0 aliphatic carbocycles. The Bertz CT molecular complexity index is 1180. The Morgan fingerprint density at radius 2 is 2.15 bits per heavy atom. The van der Waals surface area contributed by atoms with Crippen LogP contribution in [0.1, 0.15) is 37.5 Å². The Morgan fingerprint density at radius 3 is 2.94 bits per heavy atom. The fraction of sp³-hybridized carbons (Fsp3) is 0.391. The molecule has 2 aliphatic heterocycles. The Labute approximate surface area is 201 Å². The van der Waals surface area contributed by atoms with Gasteiger partial charge in [-0.15, -0.1) is 0 Å². The van der Waals surface area contributed by atoms with Gasteiger partial charge in [-0.2, -0.15) is 5.10 Å². The van der Waals surface area contributed by atoms with Crippen molar-refractivity contribution in [3.63, 3.8) is 0 Å². The van der Waals surface area contributed by atoms with E-state index in [4.69, 9.17) is 33.7 Å². The maximum atomic E-state index is 13.9. The molecule has 4 N–H and O–H groups in total. The fourth-order valence-electron chi connectivity index (χ4n) is 4.74. The number of nitrogens with two attached hydrogens (primary N) is 1. The van der Waals surface area contributed by atoms with E-state index in [1.807, 2.05) is 17.1 Å². The van der Waals surface area contributed by atoms with Crippen LogP contribution in [0.25, 0.3) is 11.1 Å². The van der Waals surface area contributed by atoms with Gasteiger partial charge < -0.3 is 21.1 Å². The number of ether oxygens (including phenoxy) is 1. The summed E-state index contributed by atoms with van der Waals surface area (Å²) in [5, 5.41) is 12.0. The lowest BCUT2D eigenvalue weighted by molar-refractivity contribution is 0.227. The molecule has 7 nitrogen and oxygen atoms in total. The smallest absolute Gasteiger partial charge is 0.166 e. The molecule has 2 unspecified atom stereocenters. The van der Waals surface area contributed by atoms with Crippen LogP contribution >= 0.6 is 23.2 Å². The molecular formula is C23H25Cl2FN6O. The number of benzene rings is 1. The zero-order chi connectivity index (χ0) is 23.2. The van der Waals surface area contributed by atoms with Crippen molar-refractivity contribution in [1.29, 1.82) is 0 Å². The van der Waals surface area contributed by atoms with Crippen molar-refractivity contribution in [2.24, 2.45) is 0 Å². The largest absolute Gasteiger partial charge is 0.482 e. The zero-order valence-electron chi connectivity index (χ0n) is 18.1. The van der Waals surface area contributed by atoms with Gasteiger partial charge in [-0.1, -0.05) is 23.2 Å². The van der Waals surface area contributed by atoms with Gasteiger partial charge in [0.2, 0.25) is 0 Å². The first-order valence-corrected chi connectivity index (χ1v) is 11.7. The number of nitrogens with zero attached hydrogens (tertiary/aromatic N) is 3. The van der Waals surface area contributed by atoms with Crippen LogP contribution in [0.4, 0.5) is 10.2 Å². The van der Waals surface area contributed by atoms with Crippen LogP contribution in [0.3, 0.4) is 0 Å². The second-order valence-corrected chi connectivity index (χ2v) is 9.56. The molecule has 2 fully saturated rings. The molecule has 0 amide bonds. The molecule has 4 heterocycles. The standard InChI is InChI=1S/C23H25Cl2FN6O/c1-13(20-17(24)2-3-18(26)21(20)25)33-19-6-14(8-29-22(19)27)15-9-31-32(11-15)16-7-23(30-10-16)4-5-28-12-23/h2-3,6,8-9,11,13,16,28,30H,4-5,7,10,12H2,1H3,(H2,27,29)/t13-,16?,23?/m1/s1. The Balaban J connectivity index is 1.36. The van der Waals surface area contributed by atoms with Crippen molar-refractivity contribution >= 4 is 29.0 Å². The number of hydrogen-bond donors (Lipinski definition) is 3. The van der Waals surface area contributed by atoms with Gasteiger partial charge in [0, 0.05) is 52.7 Å². The molecule has 1 aromatic carbocycles. The summed E-state index contributed by atoms with van der Waals surface area (Å²) >= 11 is 12.4. The summed E-state index contributed by atoms with van der Waals surface area (Å²) in [6, 6.07) is 4.78. The van der Waals surface area contributed by atoms with Crippen molar-refractivity contribution in [2.45, 2.75) is 37.5 Å². The average Bonchev–Trinajstić information content (AvgIpc) is 3.55. The first-order chi connectivity index (χ1) is 15.8. The molecule has 2 saturated heterocycles. The summed E-state index contributed by atoms with van der Waals surface area (Å²) in [5.74, 6) is 0.0234. The van der Waals surface area contributed by atoms with E-state index in [1.165, 1.54) is 12.1 Å². The molecular weight excluding hydrogens is 466 g/mol. The van der Waals surface area contributed by atoms with E-state index in [2.05, 4.69) is 20.7 Å². The predicted molar refractivity (Wildman–Crippen MR) is 127 cm³/mol. The average molecular weight is 491 g/mol. The number of aromatic nitrogens is 3. The highest BCUT2D eigenvalue weighted by atomic mass is 35.5. The molecule has 0 radical (unpaired) electrons. The molecule has 174 valence electrons. The molecule has 5 rings (SSSR count). The summed E-state index contributed by atoms with van der Waals surface area (Å²) in [6.45, 7) is 4.67. The lowest BCUT2D eigenvalue weighted by Gasteiger charge is -2.21. The minimum absolute atomic E-state index is 0.0700. The Kier molecular flexibility index (Phi) is 5.95. The molecule has 10 heteroatoms. The lowest BCUT2D eigenvalue weighted by Crippen LogP contribution is -2.41. The lowest BCUT2D eigenvalue weighted by atomic mass is 9.95. The minimum Gasteiger partial charge on any atom is -0.482 e. The van der Waals surface area contributed by atoms with E-state index in [0.29, 0.717) is 22.4 Å². The van der Waals surface area contributed by atoms with Crippen LogP contribution in [0.15, 0.2) is 36.8 Å². The maximum Gasteiger partial charge on any atom is 0.166 e. The number of rotatable bonds is 5. The van der Waals surface area contributed by atoms with Gasteiger partial charge in [0.25, 0.3) is 0 Å². The molecule has 0 saturated carbocycles. The second-order valence-electron chi connectivity index (χ2n) is 8.78. The third-order valence-electron chi connectivity index (χ3n) is 6.56. The highest BCUT2D eigenvalue weighted by molar-refractivity contribution is 6.36. The van der Waals surface area contributed by atoms with Gasteiger partial charge in [0.1, 0.15) is 11.9 Å². The topological polar surface area (TPSA) is 90.0 Å². The van der Waals surface area contributed by atoms with Crippen molar-refractivity contribution in [1.82, 2.24) is 25.4 Å². The molecule has 3 aromatic rings. The molecule has 2 aliphatic rings. The number of nitrogen functional groups attached to an aromatic ring is 1. The van der Waals surface area contributed by atoms with E-state index in [1.54, 1.807) is 19.2 Å². The van der Waals surface area contributed by atoms with E-state index in [0.717, 1.165) is 43.6 Å². The molecule has 1 spiro atoms. The zero-order valence-corrected chi connectivity index (χ0v) is 19.6. The van der Waals surface area contributed by atoms with Crippen molar-refractivity contribution in [2.75, 3.05) is 25.4 Å². The second kappa shape index (κ2) is 8.76. The number of pyridine rings is 1. The molecule has 3 atom stereocenters. The Hall–Kier alpha value is -2.39. The number of halogens is 3. The molecule has 0 bridgehead atoms. The van der Waals surface area contributed by atoms with Gasteiger partial charge in [-0.3, -0.25) is 4.68 Å². The highest BCUT2D eigenvalue weighted by Gasteiger charge is 2.41. The van der Waals surface area contributed by atoms with Crippen molar-refractivity contribution in [3.8, 4) is 16.9 Å². The summed E-state index contributed by atoms with van der Waals surface area (Å²) < 4.78 is 22.0. The minimum atomic E-state index is -0.636. The van der Waals surface area contributed by atoms with Crippen LogP contribution in [0.2, 0.25) is 10.0 Å². The predicted octanol–water partition coefficient (Wildman–Crippen LogP) is 4.38. The van der Waals surface area contributed by atoms with Gasteiger partial charge in [0.05, 0.1) is 17.3 Å². The third kappa shape index (κ3) is 4.28. The number of nitrogens with one attached hydrogen (secondary N) is 2. The van der Waals surface area contributed by atoms with Crippen LogP contribution in [-0.2, 0) is 0 Å².